The smallest absolute Gasteiger partial charge is 0.307 e. The minimum absolute atomic E-state index is 0.0729. The Morgan fingerprint density at radius 3 is 2.37 bits per heavy atom. The van der Waals surface area contributed by atoms with Gasteiger partial charge in [-0.15, -0.1) is 0 Å². The lowest BCUT2D eigenvalue weighted by atomic mass is 9.79. The largest absolute Gasteiger partial charge is 0.481 e. The maximum Gasteiger partial charge on any atom is 0.307 e. The Balaban J connectivity index is 1.75. The fourth-order valence-electron chi connectivity index (χ4n) is 2.92. The predicted molar refractivity (Wildman–Crippen MR) is 71.7 cm³/mol. The number of aliphatic carboxylic acids is 1. The Labute approximate surface area is 114 Å². The molecule has 19 heavy (non-hydrogen) atoms. The highest BCUT2D eigenvalue weighted by Gasteiger charge is 2.35. The van der Waals surface area contributed by atoms with Crippen LogP contribution in [0.2, 0.25) is 0 Å². The third kappa shape index (κ3) is 3.93. The molecule has 2 atom stereocenters. The van der Waals surface area contributed by atoms with Crippen LogP contribution in [0.5, 0.6) is 0 Å². The second-order valence-electron chi connectivity index (χ2n) is 5.84. The van der Waals surface area contributed by atoms with Crippen LogP contribution in [-0.2, 0) is 9.59 Å². The van der Waals surface area contributed by atoms with Gasteiger partial charge in [-0.3, -0.25) is 9.59 Å². The lowest BCUT2D eigenvalue weighted by Crippen LogP contribution is -2.42. The average molecular weight is 268 g/mol. The summed E-state index contributed by atoms with van der Waals surface area (Å²) >= 11 is 0. The fraction of sp³-hybridized carbons (Fsp3) is 0.857. The first-order chi connectivity index (χ1) is 9.09. The molecule has 2 aliphatic rings. The van der Waals surface area contributed by atoms with E-state index in [9.17, 15) is 9.59 Å². The van der Waals surface area contributed by atoms with Crippen LogP contribution < -0.4 is 5.32 Å². The van der Waals surface area contributed by atoms with Crippen molar-refractivity contribution in [2.24, 2.45) is 11.8 Å². The number of likely N-dealkylation sites (N-methyl/N-ethyl adjacent to an activating group) is 1. The molecule has 0 aromatic heterocycles. The zero-order valence-corrected chi connectivity index (χ0v) is 11.6. The van der Waals surface area contributed by atoms with E-state index in [0.29, 0.717) is 25.4 Å². The Kier molecular flexibility index (Phi) is 4.80. The highest BCUT2D eigenvalue weighted by Crippen LogP contribution is 2.30. The molecule has 108 valence electrons. The van der Waals surface area contributed by atoms with Gasteiger partial charge in [0, 0.05) is 19.1 Å². The molecular weight excluding hydrogens is 244 g/mol. The van der Waals surface area contributed by atoms with Gasteiger partial charge < -0.3 is 15.3 Å². The molecule has 1 amide bonds. The van der Waals surface area contributed by atoms with Gasteiger partial charge in [-0.1, -0.05) is 12.8 Å². The molecule has 0 aliphatic heterocycles. The van der Waals surface area contributed by atoms with Crippen LogP contribution >= 0.6 is 0 Å². The van der Waals surface area contributed by atoms with Gasteiger partial charge in [0.25, 0.3) is 0 Å². The first-order valence-corrected chi connectivity index (χ1v) is 7.30. The zero-order chi connectivity index (χ0) is 13.8. The minimum atomic E-state index is -0.824. The second kappa shape index (κ2) is 6.37. The summed E-state index contributed by atoms with van der Waals surface area (Å²) in [4.78, 5) is 25.5. The number of hydrogen-bond donors (Lipinski definition) is 2. The van der Waals surface area contributed by atoms with Gasteiger partial charge in [0.2, 0.25) is 5.91 Å². The summed E-state index contributed by atoms with van der Waals surface area (Å²) in [5.74, 6) is -1.72. The minimum Gasteiger partial charge on any atom is -0.481 e. The summed E-state index contributed by atoms with van der Waals surface area (Å²) < 4.78 is 0. The number of nitrogens with one attached hydrogen (secondary N) is 1. The van der Waals surface area contributed by atoms with Gasteiger partial charge in [-0.2, -0.15) is 0 Å². The number of amides is 1. The summed E-state index contributed by atoms with van der Waals surface area (Å²) in [5, 5.41) is 12.1. The van der Waals surface area contributed by atoms with Crippen molar-refractivity contribution in [2.45, 2.75) is 44.6 Å². The molecule has 0 aromatic rings. The number of hydrogen-bond acceptors (Lipinski definition) is 3. The van der Waals surface area contributed by atoms with Crippen molar-refractivity contribution >= 4 is 11.9 Å². The molecule has 5 heteroatoms. The van der Waals surface area contributed by atoms with Crippen LogP contribution in [0.3, 0.4) is 0 Å². The molecule has 2 aliphatic carbocycles. The summed E-state index contributed by atoms with van der Waals surface area (Å²) in [7, 11) is 2.07. The van der Waals surface area contributed by atoms with Crippen molar-refractivity contribution in [3.8, 4) is 0 Å². The second-order valence-corrected chi connectivity index (χ2v) is 5.84. The normalized spacial score (nSPS) is 27.3. The van der Waals surface area contributed by atoms with Gasteiger partial charge in [-0.05, 0) is 32.7 Å². The van der Waals surface area contributed by atoms with E-state index in [1.165, 1.54) is 12.8 Å². The molecular formula is C14H24N2O3. The van der Waals surface area contributed by atoms with Gasteiger partial charge in [-0.25, -0.2) is 0 Å². The van der Waals surface area contributed by atoms with Crippen LogP contribution in [0.1, 0.15) is 38.5 Å². The molecule has 0 radical (unpaired) electrons. The van der Waals surface area contributed by atoms with Crippen LogP contribution in [-0.4, -0.2) is 48.1 Å². The first-order valence-electron chi connectivity index (χ1n) is 7.30. The highest BCUT2D eigenvalue weighted by molar-refractivity contribution is 5.84. The Bertz CT molecular complexity index is 342. The van der Waals surface area contributed by atoms with E-state index in [0.717, 1.165) is 19.4 Å². The van der Waals surface area contributed by atoms with Crippen molar-refractivity contribution in [3.63, 3.8) is 0 Å². The zero-order valence-electron chi connectivity index (χ0n) is 11.6. The van der Waals surface area contributed by atoms with Gasteiger partial charge in [0.05, 0.1) is 11.8 Å². The summed E-state index contributed by atoms with van der Waals surface area (Å²) in [6.45, 7) is 1.47. The van der Waals surface area contributed by atoms with E-state index < -0.39 is 11.9 Å². The Morgan fingerprint density at radius 2 is 1.79 bits per heavy atom. The van der Waals surface area contributed by atoms with Crippen LogP contribution in [0.4, 0.5) is 0 Å². The summed E-state index contributed by atoms with van der Waals surface area (Å²) in [6.07, 6.45) is 5.74. The van der Waals surface area contributed by atoms with Crippen LogP contribution in [0, 0.1) is 11.8 Å². The molecule has 2 saturated carbocycles. The lowest BCUT2D eigenvalue weighted by Gasteiger charge is -2.27. The fourth-order valence-corrected chi connectivity index (χ4v) is 2.92. The van der Waals surface area contributed by atoms with Crippen molar-refractivity contribution in [2.75, 3.05) is 20.1 Å². The molecule has 0 bridgehead atoms. The molecule has 0 aromatic carbocycles. The number of carbonyl (C=O) groups excluding carboxylic acids is 1. The van der Waals surface area contributed by atoms with Crippen molar-refractivity contribution in [1.82, 2.24) is 10.2 Å². The van der Waals surface area contributed by atoms with Gasteiger partial charge in [0.1, 0.15) is 0 Å². The Morgan fingerprint density at radius 1 is 1.16 bits per heavy atom. The average Bonchev–Trinajstić information content (AvgIpc) is 3.22. The van der Waals surface area contributed by atoms with Crippen molar-refractivity contribution in [1.29, 1.82) is 0 Å². The molecule has 0 spiro atoms. The van der Waals surface area contributed by atoms with E-state index in [1.54, 1.807) is 0 Å². The van der Waals surface area contributed by atoms with Crippen molar-refractivity contribution in [3.05, 3.63) is 0 Å². The van der Waals surface area contributed by atoms with E-state index in [2.05, 4.69) is 17.3 Å². The molecule has 2 rings (SSSR count). The lowest BCUT2D eigenvalue weighted by molar-refractivity contribution is -0.148. The van der Waals surface area contributed by atoms with Gasteiger partial charge in [0.15, 0.2) is 0 Å². The van der Waals surface area contributed by atoms with E-state index in [-0.39, 0.29) is 11.8 Å². The maximum absolute atomic E-state index is 12.1. The van der Waals surface area contributed by atoms with E-state index in [4.69, 9.17) is 5.11 Å². The van der Waals surface area contributed by atoms with Crippen LogP contribution in [0.15, 0.2) is 0 Å². The quantitative estimate of drug-likeness (QED) is 0.756. The standard InChI is InChI=1S/C14H24N2O3/c1-16(10-6-7-10)9-8-15-13(17)11-4-2-3-5-12(11)14(18)19/h10-12H,2-9H2,1H3,(H,15,17)(H,18,19). The summed E-state index contributed by atoms with van der Waals surface area (Å²) in [5.41, 5.74) is 0. The number of nitrogens with zero attached hydrogens (tertiary/aromatic N) is 1. The monoisotopic (exact) mass is 268 g/mol. The van der Waals surface area contributed by atoms with E-state index in [1.807, 2.05) is 0 Å². The van der Waals surface area contributed by atoms with Crippen LogP contribution in [0.25, 0.3) is 0 Å². The third-order valence-corrected chi connectivity index (χ3v) is 4.35. The number of carbonyl (C=O) groups is 2. The molecule has 2 N–H and O–H groups in total. The number of carboxylic acid groups (broad SMARTS) is 1. The topological polar surface area (TPSA) is 69.6 Å². The van der Waals surface area contributed by atoms with Gasteiger partial charge >= 0.3 is 5.97 Å². The molecule has 2 fully saturated rings. The predicted octanol–water partition coefficient (Wildman–Crippen LogP) is 1.09. The molecule has 0 heterocycles. The molecule has 2 unspecified atom stereocenters. The number of carboxylic acids is 1. The van der Waals surface area contributed by atoms with E-state index >= 15 is 0 Å². The Hall–Kier alpha value is -1.10. The summed E-state index contributed by atoms with van der Waals surface area (Å²) in [6, 6.07) is 0.693. The SMILES string of the molecule is CN(CCNC(=O)C1CCCCC1C(=O)O)C1CC1. The van der Waals surface area contributed by atoms with Crippen molar-refractivity contribution < 1.29 is 14.7 Å². The highest BCUT2D eigenvalue weighted by atomic mass is 16.4. The maximum atomic E-state index is 12.1. The number of rotatable bonds is 6. The third-order valence-electron chi connectivity index (χ3n) is 4.35. The molecule has 0 saturated heterocycles. The first kappa shape index (κ1) is 14.3. The molecule has 5 nitrogen and oxygen atoms in total.